The van der Waals surface area contributed by atoms with Crippen LogP contribution in [0.5, 0.6) is 0 Å². The number of aliphatic hydroxyl groups excluding tert-OH is 1. The molecule has 1 saturated carbocycles. The SMILES string of the molecule is CCC(C)(C)N(C)CC(CO)(NC1CC1)c1ccccc1. The maximum absolute atomic E-state index is 10.2. The van der Waals surface area contributed by atoms with E-state index in [4.69, 9.17) is 0 Å². The summed E-state index contributed by atoms with van der Waals surface area (Å²) in [6.45, 7) is 7.67. The smallest absolute Gasteiger partial charge is 0.0800 e. The molecule has 1 unspecified atom stereocenters. The molecule has 2 N–H and O–H groups in total. The van der Waals surface area contributed by atoms with Crippen molar-refractivity contribution in [2.24, 2.45) is 0 Å². The van der Waals surface area contributed by atoms with Gasteiger partial charge in [0, 0.05) is 18.1 Å². The van der Waals surface area contributed by atoms with Gasteiger partial charge in [-0.1, -0.05) is 37.3 Å². The molecule has 0 saturated heterocycles. The third kappa shape index (κ3) is 3.85. The van der Waals surface area contributed by atoms with Gasteiger partial charge in [0.15, 0.2) is 0 Å². The van der Waals surface area contributed by atoms with Gasteiger partial charge in [-0.15, -0.1) is 0 Å². The molecular weight excluding hydrogens is 260 g/mol. The Bertz CT molecular complexity index is 442. The van der Waals surface area contributed by atoms with Gasteiger partial charge < -0.3 is 10.4 Å². The molecule has 1 fully saturated rings. The summed E-state index contributed by atoms with van der Waals surface area (Å²) < 4.78 is 0. The zero-order chi connectivity index (χ0) is 15.5. The van der Waals surface area contributed by atoms with Crippen molar-refractivity contribution >= 4 is 0 Å². The van der Waals surface area contributed by atoms with E-state index in [1.807, 2.05) is 6.07 Å². The Labute approximate surface area is 129 Å². The fourth-order valence-corrected chi connectivity index (χ4v) is 2.67. The first-order valence-corrected chi connectivity index (χ1v) is 8.09. The van der Waals surface area contributed by atoms with E-state index in [0.29, 0.717) is 6.04 Å². The van der Waals surface area contributed by atoms with Crippen molar-refractivity contribution in [1.29, 1.82) is 0 Å². The predicted octanol–water partition coefficient (Wildman–Crippen LogP) is 2.75. The third-order valence-corrected chi connectivity index (χ3v) is 5.06. The van der Waals surface area contributed by atoms with Crippen LogP contribution in [0.25, 0.3) is 0 Å². The number of likely N-dealkylation sites (N-methyl/N-ethyl adjacent to an activating group) is 1. The summed E-state index contributed by atoms with van der Waals surface area (Å²) in [5.41, 5.74) is 0.933. The van der Waals surface area contributed by atoms with E-state index in [1.165, 1.54) is 18.4 Å². The number of hydrogen-bond acceptors (Lipinski definition) is 3. The van der Waals surface area contributed by atoms with E-state index >= 15 is 0 Å². The van der Waals surface area contributed by atoms with Crippen LogP contribution in [0.15, 0.2) is 30.3 Å². The lowest BCUT2D eigenvalue weighted by molar-refractivity contribution is 0.0642. The molecule has 1 aromatic rings. The Balaban J connectivity index is 2.26. The molecule has 0 heterocycles. The number of aliphatic hydroxyl groups is 1. The molecule has 0 spiro atoms. The fourth-order valence-electron chi connectivity index (χ4n) is 2.67. The van der Waals surface area contributed by atoms with Crippen molar-refractivity contribution in [3.8, 4) is 0 Å². The minimum Gasteiger partial charge on any atom is -0.394 e. The lowest BCUT2D eigenvalue weighted by atomic mass is 9.87. The highest BCUT2D eigenvalue weighted by Gasteiger charge is 2.40. The second-order valence-corrected chi connectivity index (χ2v) is 7.05. The summed E-state index contributed by atoms with van der Waals surface area (Å²) in [4.78, 5) is 2.37. The number of hydrogen-bond donors (Lipinski definition) is 2. The molecule has 0 bridgehead atoms. The zero-order valence-electron chi connectivity index (χ0n) is 13.9. The van der Waals surface area contributed by atoms with Crippen molar-refractivity contribution in [2.75, 3.05) is 20.2 Å². The second-order valence-electron chi connectivity index (χ2n) is 7.05. The molecule has 3 heteroatoms. The van der Waals surface area contributed by atoms with Gasteiger partial charge in [0.25, 0.3) is 0 Å². The molecule has 21 heavy (non-hydrogen) atoms. The normalized spacial score (nSPS) is 18.8. The standard InChI is InChI=1S/C18H30N2O/c1-5-17(2,3)20(4)13-18(14-21,19-16-11-12-16)15-9-7-6-8-10-15/h6-10,16,19,21H,5,11-14H2,1-4H3. The van der Waals surface area contributed by atoms with E-state index in [-0.39, 0.29) is 17.7 Å². The van der Waals surface area contributed by atoms with E-state index in [1.54, 1.807) is 0 Å². The fraction of sp³-hybridized carbons (Fsp3) is 0.667. The quantitative estimate of drug-likeness (QED) is 0.773. The topological polar surface area (TPSA) is 35.5 Å². The summed E-state index contributed by atoms with van der Waals surface area (Å²) in [7, 11) is 2.16. The molecule has 1 aromatic carbocycles. The van der Waals surface area contributed by atoms with E-state index in [9.17, 15) is 5.11 Å². The van der Waals surface area contributed by atoms with Gasteiger partial charge in [-0.25, -0.2) is 0 Å². The zero-order valence-corrected chi connectivity index (χ0v) is 13.9. The van der Waals surface area contributed by atoms with Crippen LogP contribution in [-0.2, 0) is 5.54 Å². The molecule has 3 nitrogen and oxygen atoms in total. The summed E-state index contributed by atoms with van der Waals surface area (Å²) in [5, 5.41) is 13.9. The molecule has 118 valence electrons. The average molecular weight is 290 g/mol. The Morgan fingerprint density at radius 3 is 2.33 bits per heavy atom. The molecule has 1 atom stereocenters. The van der Waals surface area contributed by atoms with Gasteiger partial charge in [0.1, 0.15) is 0 Å². The minimum absolute atomic E-state index is 0.123. The Morgan fingerprint density at radius 1 is 1.24 bits per heavy atom. The highest BCUT2D eigenvalue weighted by atomic mass is 16.3. The molecule has 0 radical (unpaired) electrons. The Hall–Kier alpha value is -0.900. The summed E-state index contributed by atoms with van der Waals surface area (Å²) >= 11 is 0. The predicted molar refractivity (Wildman–Crippen MR) is 88.4 cm³/mol. The molecular formula is C18H30N2O. The average Bonchev–Trinajstić information content (AvgIpc) is 3.31. The van der Waals surface area contributed by atoms with Crippen LogP contribution in [0, 0.1) is 0 Å². The Morgan fingerprint density at radius 2 is 1.86 bits per heavy atom. The van der Waals surface area contributed by atoms with Crippen LogP contribution < -0.4 is 5.32 Å². The van der Waals surface area contributed by atoms with Gasteiger partial charge in [-0.2, -0.15) is 0 Å². The molecule has 1 aliphatic rings. The van der Waals surface area contributed by atoms with Crippen molar-refractivity contribution < 1.29 is 5.11 Å². The Kier molecular flexibility index (Phi) is 5.07. The summed E-state index contributed by atoms with van der Waals surface area (Å²) in [6.07, 6.45) is 3.52. The monoisotopic (exact) mass is 290 g/mol. The van der Waals surface area contributed by atoms with E-state index < -0.39 is 0 Å². The highest BCUT2D eigenvalue weighted by Crippen LogP contribution is 2.31. The van der Waals surface area contributed by atoms with E-state index in [0.717, 1.165) is 13.0 Å². The molecule has 2 rings (SSSR count). The molecule has 0 aromatic heterocycles. The van der Waals surface area contributed by atoms with Crippen LogP contribution in [0.3, 0.4) is 0 Å². The van der Waals surface area contributed by atoms with Crippen LogP contribution in [0.4, 0.5) is 0 Å². The van der Waals surface area contributed by atoms with E-state index in [2.05, 4.69) is 62.3 Å². The summed E-state index contributed by atoms with van der Waals surface area (Å²) in [6, 6.07) is 10.9. The second kappa shape index (κ2) is 6.47. The molecule has 0 amide bonds. The minimum atomic E-state index is -0.371. The van der Waals surface area contributed by atoms with Crippen LogP contribution in [0.2, 0.25) is 0 Å². The number of benzene rings is 1. The van der Waals surface area contributed by atoms with Crippen LogP contribution >= 0.6 is 0 Å². The third-order valence-electron chi connectivity index (χ3n) is 5.06. The van der Waals surface area contributed by atoms with Crippen molar-refractivity contribution in [3.63, 3.8) is 0 Å². The number of nitrogens with zero attached hydrogens (tertiary/aromatic N) is 1. The van der Waals surface area contributed by atoms with Gasteiger partial charge in [0.2, 0.25) is 0 Å². The maximum atomic E-state index is 10.2. The van der Waals surface area contributed by atoms with Crippen LogP contribution in [0.1, 0.15) is 45.6 Å². The summed E-state index contributed by atoms with van der Waals surface area (Å²) in [5.74, 6) is 0. The maximum Gasteiger partial charge on any atom is 0.0800 e. The van der Waals surface area contributed by atoms with Crippen molar-refractivity contribution in [2.45, 2.75) is 57.2 Å². The van der Waals surface area contributed by atoms with Crippen LogP contribution in [-0.4, -0.2) is 41.8 Å². The first kappa shape index (κ1) is 16.5. The lowest BCUT2D eigenvalue weighted by Crippen LogP contribution is -2.57. The van der Waals surface area contributed by atoms with Crippen molar-refractivity contribution in [1.82, 2.24) is 10.2 Å². The van der Waals surface area contributed by atoms with Gasteiger partial charge in [-0.05, 0) is 45.7 Å². The first-order valence-electron chi connectivity index (χ1n) is 8.09. The largest absolute Gasteiger partial charge is 0.394 e. The molecule has 0 aliphatic heterocycles. The van der Waals surface area contributed by atoms with Gasteiger partial charge in [-0.3, -0.25) is 4.90 Å². The molecule has 1 aliphatic carbocycles. The number of nitrogens with one attached hydrogen (secondary N) is 1. The van der Waals surface area contributed by atoms with Gasteiger partial charge >= 0.3 is 0 Å². The lowest BCUT2D eigenvalue weighted by Gasteiger charge is -2.43. The van der Waals surface area contributed by atoms with Crippen molar-refractivity contribution in [3.05, 3.63) is 35.9 Å². The first-order chi connectivity index (χ1) is 9.93. The highest BCUT2D eigenvalue weighted by molar-refractivity contribution is 5.26. The number of rotatable bonds is 8. The van der Waals surface area contributed by atoms with Gasteiger partial charge in [0.05, 0.1) is 12.1 Å².